The first kappa shape index (κ1) is 15.5. The lowest BCUT2D eigenvalue weighted by Gasteiger charge is -2.23. The summed E-state index contributed by atoms with van der Waals surface area (Å²) >= 11 is 0. The predicted octanol–water partition coefficient (Wildman–Crippen LogP) is 2.00. The highest BCUT2D eigenvalue weighted by atomic mass is 16.5. The van der Waals surface area contributed by atoms with Gasteiger partial charge in [-0.2, -0.15) is 5.26 Å². The van der Waals surface area contributed by atoms with Crippen molar-refractivity contribution in [3.05, 3.63) is 29.8 Å². The molecule has 0 aromatic heterocycles. The zero-order chi connectivity index (χ0) is 15.1. The SMILES string of the molecule is CCN(CC(=O)Nc1ccc(C#N)cc1)CC1CCCO1. The molecular weight excluding hydrogens is 266 g/mol. The molecule has 0 radical (unpaired) electrons. The van der Waals surface area contributed by atoms with Gasteiger partial charge in [0.25, 0.3) is 0 Å². The van der Waals surface area contributed by atoms with Crippen LogP contribution < -0.4 is 5.32 Å². The van der Waals surface area contributed by atoms with E-state index in [0.29, 0.717) is 17.8 Å². The molecule has 1 aromatic carbocycles. The van der Waals surface area contributed by atoms with Crippen molar-refractivity contribution in [1.82, 2.24) is 4.90 Å². The summed E-state index contributed by atoms with van der Waals surface area (Å²) in [7, 11) is 0. The molecule has 112 valence electrons. The van der Waals surface area contributed by atoms with Crippen molar-refractivity contribution in [3.63, 3.8) is 0 Å². The number of anilines is 1. The van der Waals surface area contributed by atoms with E-state index in [4.69, 9.17) is 10.00 Å². The lowest BCUT2D eigenvalue weighted by Crippen LogP contribution is -2.38. The second-order valence-electron chi connectivity index (χ2n) is 5.20. The molecule has 1 atom stereocenters. The van der Waals surface area contributed by atoms with Gasteiger partial charge in [0.1, 0.15) is 0 Å². The van der Waals surface area contributed by atoms with Gasteiger partial charge >= 0.3 is 0 Å². The molecule has 5 heteroatoms. The van der Waals surface area contributed by atoms with E-state index in [0.717, 1.165) is 32.5 Å². The van der Waals surface area contributed by atoms with E-state index >= 15 is 0 Å². The Morgan fingerprint density at radius 2 is 2.24 bits per heavy atom. The fourth-order valence-corrected chi connectivity index (χ4v) is 2.41. The lowest BCUT2D eigenvalue weighted by atomic mass is 10.2. The maximum Gasteiger partial charge on any atom is 0.238 e. The van der Waals surface area contributed by atoms with Gasteiger partial charge in [-0.3, -0.25) is 9.69 Å². The van der Waals surface area contributed by atoms with Gasteiger partial charge in [0, 0.05) is 18.8 Å². The zero-order valence-corrected chi connectivity index (χ0v) is 12.3. The van der Waals surface area contributed by atoms with Gasteiger partial charge in [0.05, 0.1) is 24.3 Å². The normalized spacial score (nSPS) is 17.7. The Bertz CT molecular complexity index is 501. The van der Waals surface area contributed by atoms with Gasteiger partial charge in [-0.15, -0.1) is 0 Å². The van der Waals surface area contributed by atoms with Gasteiger partial charge in [-0.1, -0.05) is 6.92 Å². The summed E-state index contributed by atoms with van der Waals surface area (Å²) < 4.78 is 5.61. The Labute approximate surface area is 125 Å². The summed E-state index contributed by atoms with van der Waals surface area (Å²) in [6, 6.07) is 8.93. The minimum absolute atomic E-state index is 0.0421. The van der Waals surface area contributed by atoms with E-state index in [1.165, 1.54) is 0 Å². The first-order valence-electron chi connectivity index (χ1n) is 7.35. The third-order valence-corrected chi connectivity index (χ3v) is 3.60. The molecule has 1 N–H and O–H groups in total. The number of likely N-dealkylation sites (N-methyl/N-ethyl adjacent to an activating group) is 1. The smallest absolute Gasteiger partial charge is 0.238 e. The van der Waals surface area contributed by atoms with Crippen molar-refractivity contribution in [1.29, 1.82) is 5.26 Å². The molecule has 1 aliphatic rings. The highest BCUT2D eigenvalue weighted by Crippen LogP contribution is 2.13. The number of rotatable bonds is 6. The van der Waals surface area contributed by atoms with Crippen LogP contribution in [0.25, 0.3) is 0 Å². The van der Waals surface area contributed by atoms with Crippen molar-refractivity contribution in [2.24, 2.45) is 0 Å². The Balaban J connectivity index is 1.82. The van der Waals surface area contributed by atoms with E-state index < -0.39 is 0 Å². The molecule has 0 bridgehead atoms. The van der Waals surface area contributed by atoms with Crippen LogP contribution in [0.15, 0.2) is 24.3 Å². The second-order valence-corrected chi connectivity index (χ2v) is 5.20. The number of benzene rings is 1. The molecule has 0 spiro atoms. The predicted molar refractivity (Wildman–Crippen MR) is 80.9 cm³/mol. The third-order valence-electron chi connectivity index (χ3n) is 3.60. The highest BCUT2D eigenvalue weighted by molar-refractivity contribution is 5.92. The van der Waals surface area contributed by atoms with Crippen molar-refractivity contribution in [2.75, 3.05) is 31.6 Å². The van der Waals surface area contributed by atoms with E-state index in [1.807, 2.05) is 6.92 Å². The molecule has 0 aliphatic carbocycles. The van der Waals surface area contributed by atoms with E-state index in [1.54, 1.807) is 24.3 Å². The molecule has 1 saturated heterocycles. The summed E-state index contributed by atoms with van der Waals surface area (Å²) in [5, 5.41) is 11.6. The van der Waals surface area contributed by atoms with Crippen molar-refractivity contribution >= 4 is 11.6 Å². The van der Waals surface area contributed by atoms with Crippen LogP contribution in [0.5, 0.6) is 0 Å². The van der Waals surface area contributed by atoms with E-state index in [9.17, 15) is 4.79 Å². The molecule has 1 aliphatic heterocycles. The molecule has 2 rings (SSSR count). The number of hydrogen-bond acceptors (Lipinski definition) is 4. The third kappa shape index (κ3) is 4.85. The molecule has 1 fully saturated rings. The number of carbonyl (C=O) groups is 1. The van der Waals surface area contributed by atoms with Crippen LogP contribution in [-0.2, 0) is 9.53 Å². The Hall–Kier alpha value is -1.90. The number of hydrogen-bond donors (Lipinski definition) is 1. The number of carbonyl (C=O) groups excluding carboxylic acids is 1. The van der Waals surface area contributed by atoms with Crippen LogP contribution in [0.2, 0.25) is 0 Å². The molecule has 0 saturated carbocycles. The molecule has 1 aromatic rings. The Morgan fingerprint density at radius 3 is 2.81 bits per heavy atom. The van der Waals surface area contributed by atoms with Crippen LogP contribution in [0.1, 0.15) is 25.3 Å². The summed E-state index contributed by atoms with van der Waals surface area (Å²) in [4.78, 5) is 14.1. The van der Waals surface area contributed by atoms with Crippen LogP contribution in [0, 0.1) is 11.3 Å². The fourth-order valence-electron chi connectivity index (χ4n) is 2.41. The van der Waals surface area contributed by atoms with Crippen molar-refractivity contribution < 1.29 is 9.53 Å². The van der Waals surface area contributed by atoms with Crippen LogP contribution in [-0.4, -0.2) is 43.2 Å². The number of nitriles is 1. The molecule has 5 nitrogen and oxygen atoms in total. The van der Waals surface area contributed by atoms with Gasteiger partial charge in [-0.05, 0) is 43.7 Å². The summed E-state index contributed by atoms with van der Waals surface area (Å²) in [6.07, 6.45) is 2.44. The van der Waals surface area contributed by atoms with Gasteiger partial charge in [0.2, 0.25) is 5.91 Å². The Kier molecular flexibility index (Phi) is 5.73. The van der Waals surface area contributed by atoms with Crippen LogP contribution in [0.3, 0.4) is 0 Å². The first-order chi connectivity index (χ1) is 10.2. The van der Waals surface area contributed by atoms with Crippen LogP contribution in [0.4, 0.5) is 5.69 Å². The zero-order valence-electron chi connectivity index (χ0n) is 12.3. The topological polar surface area (TPSA) is 65.4 Å². The Morgan fingerprint density at radius 1 is 1.48 bits per heavy atom. The maximum absolute atomic E-state index is 12.1. The first-order valence-corrected chi connectivity index (χ1v) is 7.35. The number of amides is 1. The molecule has 21 heavy (non-hydrogen) atoms. The van der Waals surface area contributed by atoms with Crippen molar-refractivity contribution in [2.45, 2.75) is 25.9 Å². The summed E-state index contributed by atoms with van der Waals surface area (Å²) in [5.74, 6) is -0.0421. The second kappa shape index (κ2) is 7.77. The van der Waals surface area contributed by atoms with E-state index in [-0.39, 0.29) is 12.0 Å². The quantitative estimate of drug-likeness (QED) is 0.869. The average molecular weight is 287 g/mol. The molecule has 1 amide bonds. The lowest BCUT2D eigenvalue weighted by molar-refractivity contribution is -0.117. The monoisotopic (exact) mass is 287 g/mol. The highest BCUT2D eigenvalue weighted by Gasteiger charge is 2.19. The molecule has 1 unspecified atom stereocenters. The number of nitrogens with one attached hydrogen (secondary N) is 1. The maximum atomic E-state index is 12.1. The van der Waals surface area contributed by atoms with Gasteiger partial charge < -0.3 is 10.1 Å². The minimum atomic E-state index is -0.0421. The van der Waals surface area contributed by atoms with Gasteiger partial charge in [-0.25, -0.2) is 0 Å². The van der Waals surface area contributed by atoms with Crippen molar-refractivity contribution in [3.8, 4) is 6.07 Å². The fraction of sp³-hybridized carbons (Fsp3) is 0.500. The largest absolute Gasteiger partial charge is 0.377 e. The molecular formula is C16H21N3O2. The number of ether oxygens (including phenoxy) is 1. The number of nitrogens with zero attached hydrogens (tertiary/aromatic N) is 2. The summed E-state index contributed by atoms with van der Waals surface area (Å²) in [5.41, 5.74) is 1.30. The summed E-state index contributed by atoms with van der Waals surface area (Å²) in [6.45, 7) is 4.86. The molecule has 1 heterocycles. The standard InChI is InChI=1S/C16H21N3O2/c1-2-19(11-15-4-3-9-21-15)12-16(20)18-14-7-5-13(10-17)6-8-14/h5-8,15H,2-4,9,11-12H2,1H3,(H,18,20). The van der Waals surface area contributed by atoms with Crippen LogP contribution >= 0.6 is 0 Å². The average Bonchev–Trinajstić information content (AvgIpc) is 3.00. The van der Waals surface area contributed by atoms with Gasteiger partial charge in [0.15, 0.2) is 0 Å². The van der Waals surface area contributed by atoms with E-state index in [2.05, 4.69) is 16.3 Å². The minimum Gasteiger partial charge on any atom is -0.377 e.